The van der Waals surface area contributed by atoms with Crippen molar-refractivity contribution in [3.05, 3.63) is 164 Å². The van der Waals surface area contributed by atoms with Gasteiger partial charge in [0.1, 0.15) is 29.5 Å². The minimum atomic E-state index is -1.48. The maximum atomic E-state index is 16.5. The highest BCUT2D eigenvalue weighted by atomic mass is 16.5. The van der Waals surface area contributed by atoms with Gasteiger partial charge in [0.2, 0.25) is 0 Å². The first-order chi connectivity index (χ1) is 41.3. The summed E-state index contributed by atoms with van der Waals surface area (Å²) in [5, 5.41) is 82.8. The molecule has 4 aromatic carbocycles. The van der Waals surface area contributed by atoms with Crippen molar-refractivity contribution in [1.82, 2.24) is 15.3 Å². The zero-order valence-electron chi connectivity index (χ0n) is 48.2. The summed E-state index contributed by atoms with van der Waals surface area (Å²) in [4.78, 5) is 38.9. The van der Waals surface area contributed by atoms with Gasteiger partial charge in [-0.25, -0.2) is 0 Å². The third kappa shape index (κ3) is 10.2. The molecule has 6 aromatic rings. The molecule has 2 saturated carbocycles. The third-order valence-electron chi connectivity index (χ3n) is 21.1. The number of anilines is 1. The smallest absolute Gasteiger partial charge is 0.163 e. The van der Waals surface area contributed by atoms with Gasteiger partial charge < -0.3 is 56.0 Å². The van der Waals surface area contributed by atoms with Gasteiger partial charge in [0, 0.05) is 72.0 Å². The number of aromatic hydroxyl groups is 2. The fraction of sp³-hybridized carbons (Fsp3) is 0.444. The number of hydrogen-bond acceptors (Lipinski definition) is 11. The number of hydrogen-bond donors (Lipinski definition) is 10. The maximum absolute atomic E-state index is 16.5. The van der Waals surface area contributed by atoms with E-state index in [-0.39, 0.29) is 78.1 Å². The number of piperidine rings is 1. The number of fused-ring (bicyclic) bond motifs is 10. The van der Waals surface area contributed by atoms with Crippen LogP contribution in [0.5, 0.6) is 17.2 Å². The number of carbonyl (C=O) groups excluding carboxylic acids is 2. The van der Waals surface area contributed by atoms with E-state index >= 15 is 9.59 Å². The molecule has 10 bridgehead atoms. The van der Waals surface area contributed by atoms with Crippen molar-refractivity contribution in [3.63, 3.8) is 0 Å². The molecule has 0 unspecified atom stereocenters. The van der Waals surface area contributed by atoms with Gasteiger partial charge in [0.15, 0.2) is 17.3 Å². The molecule has 1 saturated heterocycles. The normalized spacial score (nSPS) is 28.7. The summed E-state index contributed by atoms with van der Waals surface area (Å²) < 4.78 is 6.69. The van der Waals surface area contributed by atoms with E-state index in [0.29, 0.717) is 66.7 Å². The van der Waals surface area contributed by atoms with Gasteiger partial charge in [-0.1, -0.05) is 79.3 Å². The Morgan fingerprint density at radius 3 is 2.40 bits per heavy atom. The molecular weight excluding hydrogens is 1060 g/mol. The Hall–Kier alpha value is -7.18. The van der Waals surface area contributed by atoms with Gasteiger partial charge in [0.05, 0.1) is 29.6 Å². The van der Waals surface area contributed by atoms with E-state index in [1.807, 2.05) is 36.7 Å². The number of Topliss-reactive ketones (excluding diaryl/α,β-unsaturated/α-hetero) is 2. The van der Waals surface area contributed by atoms with Crippen LogP contribution in [0, 0.1) is 35.5 Å². The number of H-pyrrole nitrogens is 2. The highest BCUT2D eigenvalue weighted by Crippen LogP contribution is 2.54. The summed E-state index contributed by atoms with van der Waals surface area (Å²) >= 11 is 0. The van der Waals surface area contributed by atoms with Crippen LogP contribution in [-0.4, -0.2) is 95.2 Å². The summed E-state index contributed by atoms with van der Waals surface area (Å²) in [6.07, 6.45) is 17.2. The number of carbonyl (C=O) groups is 2. The predicted octanol–water partition coefficient (Wildman–Crippen LogP) is 10.6. The topological polar surface area (TPSA) is 220 Å². The number of aryl methyl sites for hydroxylation is 2. The molecule has 6 heterocycles. The molecule has 3 fully saturated rings. The van der Waals surface area contributed by atoms with E-state index in [2.05, 4.69) is 68.8 Å². The summed E-state index contributed by atoms with van der Waals surface area (Å²) in [5.74, 6) is 4.31. The van der Waals surface area contributed by atoms with Crippen LogP contribution >= 0.6 is 0 Å². The average molecular weight is 1140 g/mol. The van der Waals surface area contributed by atoms with Crippen LogP contribution in [0.4, 0.5) is 5.82 Å². The van der Waals surface area contributed by atoms with E-state index in [1.54, 1.807) is 36.4 Å². The molecule has 4 aliphatic heterocycles. The lowest BCUT2D eigenvalue weighted by atomic mass is 9.64. The van der Waals surface area contributed by atoms with Gasteiger partial charge >= 0.3 is 0 Å². The number of aromatic amines is 2. The minimum Gasteiger partial charge on any atom is -0.507 e. The Balaban J connectivity index is 1.02. The fourth-order valence-electron chi connectivity index (χ4n) is 16.6. The first kappa shape index (κ1) is 55.7. The lowest BCUT2D eigenvalue weighted by Gasteiger charge is -2.43. The Labute approximate surface area is 497 Å². The number of aliphatic hydroxyl groups is 4. The predicted molar refractivity (Wildman–Crippen MR) is 327 cm³/mol. The van der Waals surface area contributed by atoms with Crippen LogP contribution in [-0.2, 0) is 40.7 Å². The largest absolute Gasteiger partial charge is 0.507 e. The number of ether oxygens (including phenoxy) is 1. The standard InChI is InChI=1S/C72H78N4O9/c77-31-24-52-63(79)19-15-41-33-56(67(81)64(34-41)85-47-10-2-3-11-47)66(80)54-36-46-35-45-22-29-74-70(45)76-60(55-38-61-50(23-30-73-61)57(65(55)68(52)82)39-71(84)27-20-43-9-7-13-62(78)49(43)21-28-71)18-16-51-59-17-14-42(40-75-59)32-44-8-1-4-12-48(44)53(54)37-58(46)72(69(51)83)25-5-6-26-72/h1,4,7-9,12-13,21-23,28-30,33-34,36-38,42,47,51-52,57,59-60,65-66,69,73-78,80-81,83-84H,2-3,5-6,10-11,14-15,17,19-20,24-27,31-32,35,39-40H2/t42-,51-,52-,57+,59+,60+,65+,66-,69-,71+/m0/s1. The molecule has 0 radical (unpaired) electrons. The first-order valence-electron chi connectivity index (χ1n) is 31.4. The number of phenolic OH excluding ortho intramolecular Hbond substituents is 2. The van der Waals surface area contributed by atoms with Crippen LogP contribution in [0.15, 0.2) is 103 Å². The van der Waals surface area contributed by atoms with E-state index < -0.39 is 59.5 Å². The van der Waals surface area contributed by atoms with Crippen LogP contribution in [0.25, 0.3) is 23.3 Å². The molecule has 440 valence electrons. The number of rotatable bonds is 6. The third-order valence-corrected chi connectivity index (χ3v) is 21.1. The molecule has 10 atom stereocenters. The lowest BCUT2D eigenvalue weighted by Crippen LogP contribution is -2.52. The summed E-state index contributed by atoms with van der Waals surface area (Å²) in [5.41, 5.74) is 8.77. The zero-order valence-corrected chi connectivity index (χ0v) is 48.2. The minimum absolute atomic E-state index is 0.0785. The Morgan fingerprint density at radius 2 is 1.58 bits per heavy atom. The molecule has 1 spiro atoms. The maximum Gasteiger partial charge on any atom is 0.163 e. The van der Waals surface area contributed by atoms with E-state index in [9.17, 15) is 30.6 Å². The van der Waals surface area contributed by atoms with Crippen molar-refractivity contribution in [2.45, 2.75) is 163 Å². The van der Waals surface area contributed by atoms with Gasteiger partial charge in [-0.2, -0.15) is 0 Å². The van der Waals surface area contributed by atoms with Crippen molar-refractivity contribution < 1.29 is 45.0 Å². The highest BCUT2D eigenvalue weighted by molar-refractivity contribution is 6.05. The van der Waals surface area contributed by atoms with E-state index in [0.717, 1.165) is 108 Å². The monoisotopic (exact) mass is 1140 g/mol. The van der Waals surface area contributed by atoms with Gasteiger partial charge in [-0.3, -0.25) is 9.59 Å². The second-order valence-electron chi connectivity index (χ2n) is 26.1. The SMILES string of the molecule is O=C1CCc2cc(OC3CCCC3)c(O)c(c2)[C@@H](O)c2cc3c4cc2-c2ccccc2C[C@@H]2CC[C@@H](NC2)[C@H](C#C[C@@H](Nc2[nH]ccc2C3)C2=Cc3[nH]ccc3[C@@H](C[C@]3(O)C=Cc5c(O)cccc5CC3)[C@@H]2C(=O)[C@H]1CCO)[C@H](O)C41CCCC1. The van der Waals surface area contributed by atoms with Crippen molar-refractivity contribution in [2.75, 3.05) is 18.5 Å². The van der Waals surface area contributed by atoms with Crippen molar-refractivity contribution in [1.29, 1.82) is 0 Å². The second-order valence-corrected chi connectivity index (χ2v) is 26.1. The molecule has 9 aliphatic rings. The van der Waals surface area contributed by atoms with Gasteiger partial charge in [-0.15, -0.1) is 0 Å². The summed E-state index contributed by atoms with van der Waals surface area (Å²) in [7, 11) is 0. The van der Waals surface area contributed by atoms with Crippen LogP contribution in [0.1, 0.15) is 163 Å². The van der Waals surface area contributed by atoms with Crippen LogP contribution < -0.4 is 15.4 Å². The molecule has 5 aliphatic carbocycles. The van der Waals surface area contributed by atoms with E-state index in [4.69, 9.17) is 4.74 Å². The molecule has 2 aromatic heterocycles. The number of ketones is 2. The number of aromatic nitrogens is 2. The zero-order chi connectivity index (χ0) is 58.1. The average Bonchev–Trinajstić information content (AvgIpc) is 2.20. The summed E-state index contributed by atoms with van der Waals surface area (Å²) in [6, 6.07) is 24.8. The number of phenols is 2. The van der Waals surface area contributed by atoms with Crippen molar-refractivity contribution in [2.24, 2.45) is 23.7 Å². The molecule has 85 heavy (non-hydrogen) atoms. The molecular formula is C72H78N4O9. The number of aliphatic hydroxyl groups excluding tert-OH is 3. The Bertz CT molecular complexity index is 3690. The van der Waals surface area contributed by atoms with Crippen LogP contribution in [0.3, 0.4) is 0 Å². The Kier molecular flexibility index (Phi) is 14.8. The van der Waals surface area contributed by atoms with E-state index in [1.165, 1.54) is 0 Å². The molecule has 0 amide bonds. The first-order valence-corrected chi connectivity index (χ1v) is 31.4. The molecule has 13 heteroatoms. The Morgan fingerprint density at radius 1 is 0.753 bits per heavy atom. The molecule has 13 nitrogen and oxygen atoms in total. The number of benzene rings is 4. The van der Waals surface area contributed by atoms with Gasteiger partial charge in [0.25, 0.3) is 0 Å². The van der Waals surface area contributed by atoms with Crippen molar-refractivity contribution >= 4 is 29.5 Å². The lowest BCUT2D eigenvalue weighted by molar-refractivity contribution is -0.135. The second kappa shape index (κ2) is 22.6. The highest BCUT2D eigenvalue weighted by Gasteiger charge is 2.51. The fourth-order valence-corrected chi connectivity index (χ4v) is 16.6. The van der Waals surface area contributed by atoms with Crippen molar-refractivity contribution in [3.8, 4) is 40.2 Å². The quantitative estimate of drug-likeness (QED) is 0.0559. The van der Waals surface area contributed by atoms with Gasteiger partial charge in [-0.05, 0) is 206 Å². The number of nitrogens with one attached hydrogen (secondary N) is 4. The summed E-state index contributed by atoms with van der Waals surface area (Å²) in [6.45, 7) is 0.266. The molecule has 15 rings (SSSR count). The van der Waals surface area contributed by atoms with Crippen LogP contribution in [0.2, 0.25) is 0 Å². The molecule has 10 N–H and O–H groups in total.